The molecule has 0 aromatic heterocycles. The van der Waals surface area contributed by atoms with E-state index < -0.39 is 36.5 Å². The highest BCUT2D eigenvalue weighted by Crippen LogP contribution is 2.06. The second-order valence-electron chi connectivity index (χ2n) is 6.70. The van der Waals surface area contributed by atoms with Crippen molar-refractivity contribution in [3.05, 3.63) is 71.8 Å². The molecule has 160 valence electrons. The van der Waals surface area contributed by atoms with E-state index in [1.165, 1.54) is 0 Å². The van der Waals surface area contributed by atoms with Crippen LogP contribution in [-0.4, -0.2) is 48.1 Å². The van der Waals surface area contributed by atoms with Gasteiger partial charge in [-0.1, -0.05) is 60.7 Å². The van der Waals surface area contributed by atoms with E-state index in [0.29, 0.717) is 12.8 Å². The van der Waals surface area contributed by atoms with Gasteiger partial charge in [0.05, 0.1) is 6.04 Å². The van der Waals surface area contributed by atoms with Gasteiger partial charge in [-0.05, 0) is 24.0 Å². The zero-order chi connectivity index (χ0) is 21.8. The number of aliphatic hydroxyl groups is 1. The van der Waals surface area contributed by atoms with Crippen molar-refractivity contribution in [2.45, 2.75) is 31.5 Å². The fraction of sp³-hybridized carbons (Fsp3) is 0.318. The molecule has 8 nitrogen and oxygen atoms in total. The Kier molecular flexibility index (Phi) is 9.50. The lowest BCUT2D eigenvalue weighted by Crippen LogP contribution is -2.54. The molecule has 0 fully saturated rings. The number of ketones is 1. The number of amides is 2. The van der Waals surface area contributed by atoms with Gasteiger partial charge in [0.2, 0.25) is 5.91 Å². The molecule has 0 spiro atoms. The topological polar surface area (TPSA) is 131 Å². The number of Topliss-reactive ketones (excluding diaryl/α,β-unsaturated/α-hetero) is 1. The highest BCUT2D eigenvalue weighted by atomic mass is 16.5. The quantitative estimate of drug-likeness (QED) is 0.433. The van der Waals surface area contributed by atoms with Gasteiger partial charge in [0.1, 0.15) is 19.3 Å². The highest BCUT2D eigenvalue weighted by Gasteiger charge is 2.25. The van der Waals surface area contributed by atoms with Gasteiger partial charge in [0, 0.05) is 6.54 Å². The summed E-state index contributed by atoms with van der Waals surface area (Å²) in [5.74, 6) is -1.13. The van der Waals surface area contributed by atoms with E-state index in [0.717, 1.165) is 11.1 Å². The third kappa shape index (κ3) is 7.65. The molecule has 2 amide bonds. The number of carbonyl (C=O) groups is 3. The lowest BCUT2D eigenvalue weighted by molar-refractivity contribution is -0.130. The molecule has 2 aromatic rings. The van der Waals surface area contributed by atoms with Gasteiger partial charge in [-0.2, -0.15) is 0 Å². The molecule has 2 unspecified atom stereocenters. The molecule has 0 saturated carbocycles. The Hall–Kier alpha value is -3.23. The molecular weight excluding hydrogens is 386 g/mol. The van der Waals surface area contributed by atoms with Crippen LogP contribution in [0.15, 0.2) is 60.7 Å². The number of aliphatic hydroxyl groups excluding tert-OH is 1. The number of hydrogen-bond acceptors (Lipinski definition) is 6. The fourth-order valence-corrected chi connectivity index (χ4v) is 2.79. The summed E-state index contributed by atoms with van der Waals surface area (Å²) in [5, 5.41) is 14.2. The molecule has 5 N–H and O–H groups in total. The third-order valence-electron chi connectivity index (χ3n) is 4.48. The van der Waals surface area contributed by atoms with Crippen LogP contribution in [0.2, 0.25) is 0 Å². The SMILES string of the molecule is NCC(NC(=O)OCc1ccccc1)C(=O)NC(CCc1ccccc1)C(=O)CO. The summed E-state index contributed by atoms with van der Waals surface area (Å²) in [4.78, 5) is 36.6. The van der Waals surface area contributed by atoms with Gasteiger partial charge in [0.15, 0.2) is 5.78 Å². The molecule has 0 saturated heterocycles. The Morgan fingerprint density at radius 3 is 2.07 bits per heavy atom. The van der Waals surface area contributed by atoms with Gasteiger partial charge in [-0.25, -0.2) is 4.79 Å². The van der Waals surface area contributed by atoms with E-state index in [1.54, 1.807) is 12.1 Å². The Labute approximate surface area is 175 Å². The van der Waals surface area contributed by atoms with Crippen LogP contribution in [0, 0.1) is 0 Å². The number of hydrogen-bond donors (Lipinski definition) is 4. The van der Waals surface area contributed by atoms with Gasteiger partial charge in [0.25, 0.3) is 0 Å². The number of nitrogens with one attached hydrogen (secondary N) is 2. The molecule has 0 aliphatic carbocycles. The van der Waals surface area contributed by atoms with Gasteiger partial charge >= 0.3 is 6.09 Å². The van der Waals surface area contributed by atoms with Crippen molar-refractivity contribution in [3.63, 3.8) is 0 Å². The van der Waals surface area contributed by atoms with E-state index in [9.17, 15) is 19.5 Å². The van der Waals surface area contributed by atoms with Crippen molar-refractivity contribution in [2.75, 3.05) is 13.2 Å². The molecule has 8 heteroatoms. The number of alkyl carbamates (subject to hydrolysis) is 1. The van der Waals surface area contributed by atoms with Crippen LogP contribution < -0.4 is 16.4 Å². The summed E-state index contributed by atoms with van der Waals surface area (Å²) in [7, 11) is 0. The van der Waals surface area contributed by atoms with Crippen molar-refractivity contribution >= 4 is 17.8 Å². The minimum atomic E-state index is -1.07. The number of nitrogens with two attached hydrogens (primary N) is 1. The Bertz CT molecular complexity index is 814. The first-order valence-corrected chi connectivity index (χ1v) is 9.68. The largest absolute Gasteiger partial charge is 0.445 e. The maximum Gasteiger partial charge on any atom is 0.408 e. The van der Waals surface area contributed by atoms with E-state index in [1.807, 2.05) is 48.5 Å². The maximum absolute atomic E-state index is 12.5. The predicted octanol–water partition coefficient (Wildman–Crippen LogP) is 0.919. The van der Waals surface area contributed by atoms with Crippen LogP contribution >= 0.6 is 0 Å². The standard InChI is InChI=1S/C22H27N3O5/c23-13-19(25-22(29)30-15-17-9-5-2-6-10-17)21(28)24-18(20(27)14-26)12-11-16-7-3-1-4-8-16/h1-10,18-19,26H,11-15,23H2,(H,24,28)(H,25,29). The summed E-state index contributed by atoms with van der Waals surface area (Å²) in [6.07, 6.45) is 0.0567. The molecule has 30 heavy (non-hydrogen) atoms. The first-order valence-electron chi connectivity index (χ1n) is 9.68. The van der Waals surface area contributed by atoms with Gasteiger partial charge in [-0.15, -0.1) is 0 Å². The molecule has 0 heterocycles. The monoisotopic (exact) mass is 413 g/mol. The second kappa shape index (κ2) is 12.4. The number of carbonyl (C=O) groups excluding carboxylic acids is 3. The van der Waals surface area contributed by atoms with Crippen molar-refractivity contribution in [3.8, 4) is 0 Å². The molecule has 0 aliphatic rings. The highest BCUT2D eigenvalue weighted by molar-refractivity contribution is 5.92. The third-order valence-corrected chi connectivity index (χ3v) is 4.48. The fourth-order valence-electron chi connectivity index (χ4n) is 2.79. The average Bonchev–Trinajstić information content (AvgIpc) is 2.79. The lowest BCUT2D eigenvalue weighted by atomic mass is 10.0. The van der Waals surface area contributed by atoms with Crippen LogP contribution in [0.4, 0.5) is 4.79 Å². The molecular formula is C22H27N3O5. The summed E-state index contributed by atoms with van der Waals surface area (Å²) in [6, 6.07) is 16.6. The van der Waals surface area contributed by atoms with Crippen LogP contribution in [0.1, 0.15) is 17.5 Å². The first kappa shape index (κ1) is 23.1. The molecule has 2 rings (SSSR count). The minimum Gasteiger partial charge on any atom is -0.445 e. The van der Waals surface area contributed by atoms with Crippen molar-refractivity contribution in [2.24, 2.45) is 5.73 Å². The molecule has 0 radical (unpaired) electrons. The van der Waals surface area contributed by atoms with Gasteiger partial charge < -0.3 is 26.2 Å². The minimum absolute atomic E-state index is 0.0499. The number of ether oxygens (including phenoxy) is 1. The predicted molar refractivity (Wildman–Crippen MR) is 111 cm³/mol. The second-order valence-corrected chi connectivity index (χ2v) is 6.70. The van der Waals surface area contributed by atoms with E-state index in [-0.39, 0.29) is 13.2 Å². The maximum atomic E-state index is 12.5. The molecule has 0 bridgehead atoms. The van der Waals surface area contributed by atoms with Crippen molar-refractivity contribution < 1.29 is 24.2 Å². The Balaban J connectivity index is 1.89. The average molecular weight is 413 g/mol. The molecule has 2 aromatic carbocycles. The number of rotatable bonds is 11. The Morgan fingerprint density at radius 2 is 1.50 bits per heavy atom. The van der Waals surface area contributed by atoms with Gasteiger partial charge in [-0.3, -0.25) is 9.59 Å². The van der Waals surface area contributed by atoms with Crippen molar-refractivity contribution in [1.82, 2.24) is 10.6 Å². The lowest BCUT2D eigenvalue weighted by Gasteiger charge is -2.21. The number of benzene rings is 2. The smallest absolute Gasteiger partial charge is 0.408 e. The van der Waals surface area contributed by atoms with Crippen LogP contribution in [0.5, 0.6) is 0 Å². The summed E-state index contributed by atoms with van der Waals surface area (Å²) in [6.45, 7) is -0.821. The first-order chi connectivity index (χ1) is 14.5. The summed E-state index contributed by atoms with van der Waals surface area (Å²) < 4.78 is 5.10. The van der Waals surface area contributed by atoms with Crippen LogP contribution in [0.3, 0.4) is 0 Å². The Morgan fingerprint density at radius 1 is 0.900 bits per heavy atom. The molecule has 0 aliphatic heterocycles. The van der Waals surface area contributed by atoms with E-state index in [4.69, 9.17) is 10.5 Å². The normalized spacial score (nSPS) is 12.5. The van der Waals surface area contributed by atoms with E-state index >= 15 is 0 Å². The number of aryl methyl sites for hydroxylation is 1. The van der Waals surface area contributed by atoms with Crippen LogP contribution in [-0.2, 0) is 27.4 Å². The molecule has 2 atom stereocenters. The summed E-state index contributed by atoms with van der Waals surface area (Å²) >= 11 is 0. The van der Waals surface area contributed by atoms with Crippen molar-refractivity contribution in [1.29, 1.82) is 0 Å². The zero-order valence-electron chi connectivity index (χ0n) is 16.6. The zero-order valence-corrected chi connectivity index (χ0v) is 16.6. The van der Waals surface area contributed by atoms with Crippen LogP contribution in [0.25, 0.3) is 0 Å². The summed E-state index contributed by atoms with van der Waals surface area (Å²) in [5.41, 5.74) is 7.42. The van der Waals surface area contributed by atoms with E-state index in [2.05, 4.69) is 10.6 Å².